The molecule has 0 unspecified atom stereocenters. The molecule has 0 saturated carbocycles. The molecule has 3 nitrogen and oxygen atoms in total. The first kappa shape index (κ1) is 14.0. The van der Waals surface area contributed by atoms with Gasteiger partial charge in [-0.2, -0.15) is 0 Å². The molecule has 0 atom stereocenters. The third-order valence-electron chi connectivity index (χ3n) is 2.96. The van der Waals surface area contributed by atoms with Crippen molar-refractivity contribution in [3.05, 3.63) is 65.2 Å². The van der Waals surface area contributed by atoms with Crippen LogP contribution in [0.15, 0.2) is 42.5 Å². The zero-order valence-corrected chi connectivity index (χ0v) is 10.9. The number of hydrogen-bond acceptors (Lipinski definition) is 2. The predicted octanol–water partition coefficient (Wildman–Crippen LogP) is 2.82. The van der Waals surface area contributed by atoms with Crippen molar-refractivity contribution >= 4 is 11.6 Å². The molecule has 0 spiro atoms. The Labute approximate surface area is 115 Å². The van der Waals surface area contributed by atoms with Crippen LogP contribution in [0.4, 0.5) is 14.5 Å². The quantitative estimate of drug-likeness (QED) is 0.876. The van der Waals surface area contributed by atoms with Gasteiger partial charge < -0.3 is 10.6 Å². The van der Waals surface area contributed by atoms with Gasteiger partial charge in [-0.25, -0.2) is 8.78 Å². The first-order valence-corrected chi connectivity index (χ1v) is 6.03. The van der Waals surface area contributed by atoms with E-state index in [1.54, 1.807) is 18.2 Å². The van der Waals surface area contributed by atoms with Crippen molar-refractivity contribution in [1.29, 1.82) is 0 Å². The summed E-state index contributed by atoms with van der Waals surface area (Å²) in [4.78, 5) is 13.5. The number of rotatable bonds is 3. The molecule has 2 aromatic carbocycles. The molecule has 0 bridgehead atoms. The molecule has 0 fully saturated rings. The lowest BCUT2D eigenvalue weighted by Gasteiger charge is -2.18. The van der Waals surface area contributed by atoms with E-state index in [1.807, 2.05) is 0 Å². The van der Waals surface area contributed by atoms with E-state index >= 15 is 0 Å². The van der Waals surface area contributed by atoms with Crippen LogP contribution in [0.5, 0.6) is 0 Å². The van der Waals surface area contributed by atoms with Gasteiger partial charge in [-0.15, -0.1) is 0 Å². The molecule has 5 heteroatoms. The number of amides is 1. The highest BCUT2D eigenvalue weighted by Crippen LogP contribution is 2.17. The number of nitrogens with zero attached hydrogens (tertiary/aromatic N) is 1. The fourth-order valence-electron chi connectivity index (χ4n) is 1.89. The van der Waals surface area contributed by atoms with Crippen LogP contribution in [-0.4, -0.2) is 17.9 Å². The van der Waals surface area contributed by atoms with Gasteiger partial charge in [0.15, 0.2) is 0 Å². The van der Waals surface area contributed by atoms with Gasteiger partial charge in [-0.1, -0.05) is 18.2 Å². The first-order valence-electron chi connectivity index (χ1n) is 6.03. The van der Waals surface area contributed by atoms with Gasteiger partial charge in [-0.05, 0) is 24.3 Å². The lowest BCUT2D eigenvalue weighted by molar-refractivity contribution is 0.0785. The zero-order valence-electron chi connectivity index (χ0n) is 10.9. The summed E-state index contributed by atoms with van der Waals surface area (Å²) in [5.41, 5.74) is 6.29. The molecule has 0 radical (unpaired) electrons. The normalized spacial score (nSPS) is 10.3. The smallest absolute Gasteiger partial charge is 0.255 e. The van der Waals surface area contributed by atoms with Crippen molar-refractivity contribution in [3.8, 4) is 0 Å². The summed E-state index contributed by atoms with van der Waals surface area (Å²) in [7, 11) is 1.54. The van der Waals surface area contributed by atoms with Crippen LogP contribution in [0.3, 0.4) is 0 Å². The van der Waals surface area contributed by atoms with Crippen LogP contribution in [0.1, 0.15) is 15.9 Å². The van der Waals surface area contributed by atoms with Crippen molar-refractivity contribution in [3.63, 3.8) is 0 Å². The number of nitrogens with two attached hydrogens (primary N) is 1. The summed E-state index contributed by atoms with van der Waals surface area (Å²) in [5.74, 6) is -1.26. The third-order valence-corrected chi connectivity index (χ3v) is 2.96. The Balaban J connectivity index is 2.19. The lowest BCUT2D eigenvalue weighted by Crippen LogP contribution is -2.27. The Morgan fingerprint density at radius 1 is 1.20 bits per heavy atom. The van der Waals surface area contributed by atoms with Crippen LogP contribution in [0, 0.1) is 11.6 Å². The summed E-state index contributed by atoms with van der Waals surface area (Å²) in [6.07, 6.45) is 0. The molecule has 2 rings (SSSR count). The van der Waals surface area contributed by atoms with Gasteiger partial charge in [0.05, 0.1) is 5.56 Å². The number of carbonyl (C=O) groups excluding carboxylic acids is 1. The number of nitrogen functional groups attached to an aromatic ring is 1. The van der Waals surface area contributed by atoms with E-state index in [0.29, 0.717) is 5.56 Å². The Hall–Kier alpha value is -2.43. The van der Waals surface area contributed by atoms with E-state index < -0.39 is 5.82 Å². The Bertz CT molecular complexity index is 644. The highest BCUT2D eigenvalue weighted by atomic mass is 19.1. The fraction of sp³-hybridized carbons (Fsp3) is 0.133. The molecule has 0 aliphatic carbocycles. The topological polar surface area (TPSA) is 46.3 Å². The van der Waals surface area contributed by atoms with E-state index in [-0.39, 0.29) is 29.5 Å². The number of benzene rings is 2. The summed E-state index contributed by atoms with van der Waals surface area (Å²) in [6, 6.07) is 9.80. The minimum Gasteiger partial charge on any atom is -0.398 e. The maximum Gasteiger partial charge on any atom is 0.255 e. The standard InChI is InChI=1S/C15H14F2N2O/c1-19(9-10-4-2-3-5-13(10)17)15(20)12-7-6-11(16)8-14(12)18/h2-8H,9,18H2,1H3. The second kappa shape index (κ2) is 5.69. The summed E-state index contributed by atoms with van der Waals surface area (Å²) in [5, 5.41) is 0. The highest BCUT2D eigenvalue weighted by molar-refractivity contribution is 5.98. The van der Waals surface area contributed by atoms with Crippen LogP contribution in [-0.2, 0) is 6.54 Å². The molecule has 2 aromatic rings. The van der Waals surface area contributed by atoms with Crippen molar-refractivity contribution in [2.45, 2.75) is 6.54 Å². The Morgan fingerprint density at radius 3 is 2.55 bits per heavy atom. The minimum absolute atomic E-state index is 0.0652. The molecule has 104 valence electrons. The molecule has 2 N–H and O–H groups in total. The molecular weight excluding hydrogens is 262 g/mol. The fourth-order valence-corrected chi connectivity index (χ4v) is 1.89. The van der Waals surface area contributed by atoms with Gasteiger partial charge in [0.1, 0.15) is 11.6 Å². The largest absolute Gasteiger partial charge is 0.398 e. The van der Waals surface area contributed by atoms with Gasteiger partial charge in [0, 0.05) is 24.8 Å². The average Bonchev–Trinajstić information content (AvgIpc) is 2.40. The van der Waals surface area contributed by atoms with Crippen LogP contribution in [0.25, 0.3) is 0 Å². The van der Waals surface area contributed by atoms with Crippen LogP contribution < -0.4 is 5.73 Å². The highest BCUT2D eigenvalue weighted by Gasteiger charge is 2.16. The molecule has 1 amide bonds. The van der Waals surface area contributed by atoms with Crippen molar-refractivity contribution < 1.29 is 13.6 Å². The van der Waals surface area contributed by atoms with Crippen molar-refractivity contribution in [1.82, 2.24) is 4.90 Å². The van der Waals surface area contributed by atoms with Gasteiger partial charge in [0.25, 0.3) is 5.91 Å². The van der Waals surface area contributed by atoms with E-state index in [0.717, 1.165) is 6.07 Å². The zero-order chi connectivity index (χ0) is 14.7. The lowest BCUT2D eigenvalue weighted by atomic mass is 10.1. The Morgan fingerprint density at radius 2 is 1.90 bits per heavy atom. The summed E-state index contributed by atoms with van der Waals surface area (Å²) < 4.78 is 26.5. The van der Waals surface area contributed by atoms with Crippen LogP contribution in [0.2, 0.25) is 0 Å². The van der Waals surface area contributed by atoms with Crippen molar-refractivity contribution in [2.75, 3.05) is 12.8 Å². The van der Waals surface area contributed by atoms with E-state index in [4.69, 9.17) is 5.73 Å². The number of halogens is 2. The number of anilines is 1. The molecule has 20 heavy (non-hydrogen) atoms. The minimum atomic E-state index is -0.504. The second-order valence-electron chi connectivity index (χ2n) is 4.48. The van der Waals surface area contributed by atoms with Gasteiger partial charge in [-0.3, -0.25) is 4.79 Å². The predicted molar refractivity (Wildman–Crippen MR) is 73.0 cm³/mol. The number of carbonyl (C=O) groups is 1. The molecule has 0 saturated heterocycles. The summed E-state index contributed by atoms with van der Waals surface area (Å²) >= 11 is 0. The van der Waals surface area contributed by atoms with E-state index in [1.165, 1.54) is 30.1 Å². The molecular formula is C15H14F2N2O. The number of hydrogen-bond donors (Lipinski definition) is 1. The molecule has 0 aromatic heterocycles. The average molecular weight is 276 g/mol. The molecule has 0 aliphatic heterocycles. The van der Waals surface area contributed by atoms with Crippen molar-refractivity contribution in [2.24, 2.45) is 0 Å². The monoisotopic (exact) mass is 276 g/mol. The Kier molecular flexibility index (Phi) is 3.98. The maximum atomic E-state index is 13.5. The second-order valence-corrected chi connectivity index (χ2v) is 4.48. The van der Waals surface area contributed by atoms with E-state index in [9.17, 15) is 13.6 Å². The van der Waals surface area contributed by atoms with Gasteiger partial charge >= 0.3 is 0 Å². The third kappa shape index (κ3) is 2.93. The molecule has 0 heterocycles. The van der Waals surface area contributed by atoms with Crippen LogP contribution >= 0.6 is 0 Å². The maximum absolute atomic E-state index is 13.5. The molecule has 0 aliphatic rings. The first-order chi connectivity index (χ1) is 9.49. The SMILES string of the molecule is CN(Cc1ccccc1F)C(=O)c1ccc(F)cc1N. The van der Waals surface area contributed by atoms with E-state index in [2.05, 4.69) is 0 Å². The summed E-state index contributed by atoms with van der Waals surface area (Å²) in [6.45, 7) is 0.113. The van der Waals surface area contributed by atoms with Gasteiger partial charge in [0.2, 0.25) is 0 Å².